The number of hydrogen-bond donors (Lipinski definition) is 1. The molecule has 1 aromatic carbocycles. The molecule has 1 amide bonds. The zero-order chi connectivity index (χ0) is 20.1. The highest BCUT2D eigenvalue weighted by atomic mass is 32.2. The Bertz CT molecular complexity index is 788. The maximum Gasteiger partial charge on any atom is 0.303 e. The maximum absolute atomic E-state index is 13.5. The van der Waals surface area contributed by atoms with Crippen molar-refractivity contribution >= 4 is 23.6 Å². The summed E-state index contributed by atoms with van der Waals surface area (Å²) >= 11 is 1.59. The summed E-state index contributed by atoms with van der Waals surface area (Å²) < 4.78 is 10.8. The molecule has 7 heteroatoms. The Hall–Kier alpha value is -2.25. The van der Waals surface area contributed by atoms with Gasteiger partial charge in [0.15, 0.2) is 6.10 Å². The quantitative estimate of drug-likeness (QED) is 0.738. The van der Waals surface area contributed by atoms with E-state index in [4.69, 9.17) is 9.47 Å². The lowest BCUT2D eigenvalue weighted by molar-refractivity contribution is -0.157. The summed E-state index contributed by atoms with van der Waals surface area (Å²) in [6.45, 7) is 2.52. The maximum atomic E-state index is 13.5. The van der Waals surface area contributed by atoms with Crippen molar-refractivity contribution in [2.24, 2.45) is 0 Å². The fraction of sp³-hybridized carbons (Fsp3) is 0.429. The summed E-state index contributed by atoms with van der Waals surface area (Å²) in [6.07, 6.45) is 5.23. The molecule has 0 unspecified atom stereocenters. The lowest BCUT2D eigenvalue weighted by atomic mass is 10.0. The van der Waals surface area contributed by atoms with Crippen LogP contribution in [0.4, 0.5) is 0 Å². The zero-order valence-corrected chi connectivity index (χ0v) is 17.3. The highest BCUT2D eigenvalue weighted by molar-refractivity contribution is 8.03. The van der Waals surface area contributed by atoms with Crippen LogP contribution in [0.5, 0.6) is 5.75 Å². The summed E-state index contributed by atoms with van der Waals surface area (Å²) in [7, 11) is 3.47. The molecule has 1 aliphatic heterocycles. The van der Waals surface area contributed by atoms with E-state index < -0.39 is 12.1 Å². The molecule has 0 radical (unpaired) electrons. The van der Waals surface area contributed by atoms with E-state index in [-0.39, 0.29) is 11.2 Å². The number of hydrogen-bond acceptors (Lipinski definition) is 6. The van der Waals surface area contributed by atoms with E-state index in [1.165, 1.54) is 6.92 Å². The second-order valence-electron chi connectivity index (χ2n) is 6.67. The van der Waals surface area contributed by atoms with Crippen LogP contribution in [0, 0.1) is 0 Å². The van der Waals surface area contributed by atoms with E-state index in [9.17, 15) is 9.59 Å². The SMILES string of the molecule is CNCCN1C(=O)[C@H](OC(C)=O)[C@H](c2ccc(OC)cc2)SC2=CCCC=C21. The fourth-order valence-corrected chi connectivity index (χ4v) is 4.76. The minimum Gasteiger partial charge on any atom is -0.497 e. The van der Waals surface area contributed by atoms with Crippen molar-refractivity contribution in [3.63, 3.8) is 0 Å². The molecule has 0 bridgehead atoms. The molecule has 150 valence electrons. The van der Waals surface area contributed by atoms with E-state index in [1.54, 1.807) is 23.8 Å². The van der Waals surface area contributed by atoms with Crippen LogP contribution in [0.2, 0.25) is 0 Å². The summed E-state index contributed by atoms with van der Waals surface area (Å²) in [5, 5.41) is 2.77. The lowest BCUT2D eigenvalue weighted by Gasteiger charge is -2.28. The number of thioether (sulfide) groups is 1. The number of carbonyl (C=O) groups excluding carboxylic acids is 2. The zero-order valence-electron chi connectivity index (χ0n) is 16.4. The first-order chi connectivity index (χ1) is 13.5. The van der Waals surface area contributed by atoms with E-state index in [2.05, 4.69) is 17.5 Å². The van der Waals surface area contributed by atoms with Crippen LogP contribution in [0.25, 0.3) is 0 Å². The van der Waals surface area contributed by atoms with Crippen LogP contribution in [0.3, 0.4) is 0 Å². The van der Waals surface area contributed by atoms with Gasteiger partial charge in [-0.3, -0.25) is 9.59 Å². The molecule has 6 nitrogen and oxygen atoms in total. The number of ether oxygens (including phenoxy) is 2. The average molecular weight is 403 g/mol. The van der Waals surface area contributed by atoms with Crippen molar-refractivity contribution in [3.8, 4) is 5.75 Å². The molecule has 0 spiro atoms. The van der Waals surface area contributed by atoms with Gasteiger partial charge in [0.1, 0.15) is 5.75 Å². The van der Waals surface area contributed by atoms with Crippen LogP contribution in [-0.2, 0) is 14.3 Å². The number of esters is 1. The van der Waals surface area contributed by atoms with Gasteiger partial charge in [-0.25, -0.2) is 0 Å². The van der Waals surface area contributed by atoms with Crippen LogP contribution in [0.15, 0.2) is 47.0 Å². The van der Waals surface area contributed by atoms with Crippen LogP contribution in [-0.4, -0.2) is 50.1 Å². The smallest absolute Gasteiger partial charge is 0.303 e. The minimum atomic E-state index is -0.889. The molecular weight excluding hydrogens is 376 g/mol. The Kier molecular flexibility index (Phi) is 6.80. The molecule has 2 aliphatic rings. The second-order valence-corrected chi connectivity index (χ2v) is 7.85. The molecule has 1 N–H and O–H groups in total. The molecule has 1 aromatic rings. The topological polar surface area (TPSA) is 67.9 Å². The summed E-state index contributed by atoms with van der Waals surface area (Å²) in [5.74, 6) is 0.0972. The molecule has 3 rings (SSSR count). The van der Waals surface area contributed by atoms with Gasteiger partial charge in [0.2, 0.25) is 0 Å². The molecule has 0 aromatic heterocycles. The van der Waals surface area contributed by atoms with Gasteiger partial charge in [0.05, 0.1) is 18.1 Å². The largest absolute Gasteiger partial charge is 0.497 e. The third kappa shape index (κ3) is 4.42. The first kappa shape index (κ1) is 20.5. The predicted molar refractivity (Wildman–Crippen MR) is 110 cm³/mol. The number of benzene rings is 1. The Morgan fingerprint density at radius 1 is 1.25 bits per heavy atom. The monoisotopic (exact) mass is 402 g/mol. The van der Waals surface area contributed by atoms with Crippen LogP contribution >= 0.6 is 11.8 Å². The Morgan fingerprint density at radius 3 is 2.61 bits per heavy atom. The number of allylic oxidation sites excluding steroid dienone is 2. The second kappa shape index (κ2) is 9.30. The summed E-state index contributed by atoms with van der Waals surface area (Å²) in [6, 6.07) is 7.58. The van der Waals surface area contributed by atoms with Crippen molar-refractivity contribution in [2.45, 2.75) is 31.1 Å². The van der Waals surface area contributed by atoms with Gasteiger partial charge in [-0.2, -0.15) is 0 Å². The summed E-state index contributed by atoms with van der Waals surface area (Å²) in [5.41, 5.74) is 1.84. The van der Waals surface area contributed by atoms with E-state index in [1.807, 2.05) is 31.3 Å². The van der Waals surface area contributed by atoms with Crippen LogP contribution in [0.1, 0.15) is 30.6 Å². The van der Waals surface area contributed by atoms with Gasteiger partial charge in [-0.05, 0) is 37.6 Å². The predicted octanol–water partition coefficient (Wildman–Crippen LogP) is 3.02. The molecule has 28 heavy (non-hydrogen) atoms. The normalized spacial score (nSPS) is 22.0. The number of amides is 1. The lowest BCUT2D eigenvalue weighted by Crippen LogP contribution is -2.43. The number of nitrogens with one attached hydrogen (secondary N) is 1. The third-order valence-electron chi connectivity index (χ3n) is 4.74. The molecule has 1 heterocycles. The Morgan fingerprint density at radius 2 is 1.96 bits per heavy atom. The third-order valence-corrected chi connectivity index (χ3v) is 6.14. The van der Waals surface area contributed by atoms with Crippen molar-refractivity contribution in [3.05, 3.63) is 52.6 Å². The number of fused-ring (bicyclic) bond motifs is 1. The summed E-state index contributed by atoms with van der Waals surface area (Å²) in [4.78, 5) is 28.1. The van der Waals surface area contributed by atoms with E-state index in [0.717, 1.165) is 34.8 Å². The van der Waals surface area contributed by atoms with Gasteiger partial charge in [0.25, 0.3) is 5.91 Å². The van der Waals surface area contributed by atoms with E-state index >= 15 is 0 Å². The van der Waals surface area contributed by atoms with Gasteiger partial charge < -0.3 is 19.7 Å². The molecule has 1 aliphatic carbocycles. The van der Waals surface area contributed by atoms with Crippen molar-refractivity contribution < 1.29 is 19.1 Å². The highest BCUT2D eigenvalue weighted by Crippen LogP contribution is 2.47. The first-order valence-electron chi connectivity index (χ1n) is 9.39. The number of carbonyl (C=O) groups is 2. The van der Waals surface area contributed by atoms with Crippen LogP contribution < -0.4 is 10.1 Å². The minimum absolute atomic E-state index is 0.185. The Balaban J connectivity index is 2.03. The highest BCUT2D eigenvalue weighted by Gasteiger charge is 2.42. The molecule has 1 saturated heterocycles. The van der Waals surface area contributed by atoms with Crippen molar-refractivity contribution in [1.82, 2.24) is 10.2 Å². The van der Waals surface area contributed by atoms with Crippen molar-refractivity contribution in [1.29, 1.82) is 0 Å². The van der Waals surface area contributed by atoms with Gasteiger partial charge in [-0.15, -0.1) is 11.8 Å². The first-order valence-corrected chi connectivity index (χ1v) is 10.3. The number of methoxy groups -OCH3 is 1. The Labute approximate surface area is 169 Å². The number of nitrogens with zero attached hydrogens (tertiary/aromatic N) is 1. The molecular formula is C21H26N2O4S. The van der Waals surface area contributed by atoms with Gasteiger partial charge in [0, 0.05) is 24.9 Å². The van der Waals surface area contributed by atoms with E-state index in [0.29, 0.717) is 13.1 Å². The molecule has 0 saturated carbocycles. The van der Waals surface area contributed by atoms with Gasteiger partial charge in [-0.1, -0.05) is 24.3 Å². The number of rotatable bonds is 6. The average Bonchev–Trinajstić information content (AvgIpc) is 2.81. The molecule has 2 atom stereocenters. The van der Waals surface area contributed by atoms with Gasteiger partial charge >= 0.3 is 5.97 Å². The molecule has 1 fully saturated rings. The standard InChI is InChI=1S/C21H26N2O4S/c1-14(24)27-19-20(15-8-10-16(26-3)11-9-15)28-18-7-5-4-6-17(18)23(21(19)25)13-12-22-2/h6-11,19-20,22H,4-5,12-13H2,1-3H3/t19-,20+/m1/s1. The number of likely N-dealkylation sites (N-methyl/N-ethyl adjacent to an activating group) is 1. The fourth-order valence-electron chi connectivity index (χ4n) is 3.37. The van der Waals surface area contributed by atoms with Crippen molar-refractivity contribution in [2.75, 3.05) is 27.2 Å².